The van der Waals surface area contributed by atoms with Gasteiger partial charge in [-0.2, -0.15) is 0 Å². The average Bonchev–Trinajstić information content (AvgIpc) is 2.43. The van der Waals surface area contributed by atoms with Crippen LogP contribution in [0.15, 0.2) is 0 Å². The molecule has 0 aromatic heterocycles. The predicted molar refractivity (Wildman–Crippen MR) is 79.7 cm³/mol. The molecule has 0 amide bonds. The summed E-state index contributed by atoms with van der Waals surface area (Å²) in [5.74, 6) is -2.56. The van der Waals surface area contributed by atoms with E-state index in [0.717, 1.165) is 0 Å². The first-order chi connectivity index (χ1) is 10.2. The summed E-state index contributed by atoms with van der Waals surface area (Å²) >= 11 is 0. The van der Waals surface area contributed by atoms with E-state index in [4.69, 9.17) is 20.3 Å². The fraction of sp³-hybridized carbons (Fsp3) is 0.800. The van der Waals surface area contributed by atoms with Crippen molar-refractivity contribution in [2.45, 2.75) is 65.7 Å². The molecule has 0 bridgehead atoms. The van der Waals surface area contributed by atoms with E-state index in [1.807, 2.05) is 13.8 Å². The van der Waals surface area contributed by atoms with Crippen molar-refractivity contribution in [1.82, 2.24) is 0 Å². The average molecular weight is 317 g/mol. The van der Waals surface area contributed by atoms with E-state index in [1.54, 1.807) is 13.8 Å². The van der Waals surface area contributed by atoms with Gasteiger partial charge in [0.2, 0.25) is 6.29 Å². The van der Waals surface area contributed by atoms with Gasteiger partial charge in [0.05, 0.1) is 6.42 Å². The van der Waals surface area contributed by atoms with Gasteiger partial charge >= 0.3 is 17.9 Å². The molecule has 0 aliphatic carbocycles. The van der Waals surface area contributed by atoms with E-state index in [0.29, 0.717) is 12.8 Å². The number of hydrogen-bond acceptors (Lipinski definition) is 6. The van der Waals surface area contributed by atoms with Gasteiger partial charge in [0, 0.05) is 12.8 Å². The second-order valence-corrected chi connectivity index (χ2v) is 5.63. The van der Waals surface area contributed by atoms with Crippen molar-refractivity contribution < 1.29 is 29.0 Å². The van der Waals surface area contributed by atoms with Crippen LogP contribution in [0.25, 0.3) is 0 Å². The van der Waals surface area contributed by atoms with Gasteiger partial charge in [0.15, 0.2) is 0 Å². The van der Waals surface area contributed by atoms with Gasteiger partial charge in [-0.05, 0) is 18.3 Å². The van der Waals surface area contributed by atoms with Crippen LogP contribution in [0.4, 0.5) is 0 Å². The molecule has 3 N–H and O–H groups in total. The molecule has 0 aliphatic rings. The summed E-state index contributed by atoms with van der Waals surface area (Å²) in [7, 11) is 0. The summed E-state index contributed by atoms with van der Waals surface area (Å²) in [4.78, 5) is 34.2. The third-order valence-corrected chi connectivity index (χ3v) is 3.12. The number of esters is 2. The zero-order valence-electron chi connectivity index (χ0n) is 13.7. The van der Waals surface area contributed by atoms with Crippen LogP contribution in [-0.2, 0) is 23.9 Å². The molecule has 7 nitrogen and oxygen atoms in total. The zero-order valence-corrected chi connectivity index (χ0v) is 13.7. The standard InChI is InChI=1S/C15H27NO6/c1-5-12(19)21-13(6-2)22-15(20)14(16)10(7-9(3)4)8-11(17)18/h9-10,13-14H,5-8,16H2,1-4H3,(H,17,18). The number of ether oxygens (including phenoxy) is 2. The summed E-state index contributed by atoms with van der Waals surface area (Å²) in [6.45, 7) is 7.18. The number of carbonyl (C=O) groups is 3. The molecule has 0 fully saturated rings. The fourth-order valence-electron chi connectivity index (χ4n) is 2.01. The second-order valence-electron chi connectivity index (χ2n) is 5.63. The lowest BCUT2D eigenvalue weighted by Crippen LogP contribution is -2.43. The number of hydrogen-bond donors (Lipinski definition) is 2. The fourth-order valence-corrected chi connectivity index (χ4v) is 2.01. The largest absolute Gasteiger partial charge is 0.481 e. The Labute approximate surface area is 131 Å². The molecule has 3 unspecified atom stereocenters. The van der Waals surface area contributed by atoms with Crippen molar-refractivity contribution in [3.63, 3.8) is 0 Å². The number of aliphatic carboxylic acids is 1. The van der Waals surface area contributed by atoms with Crippen LogP contribution in [0.1, 0.15) is 53.4 Å². The maximum Gasteiger partial charge on any atom is 0.326 e. The Bertz CT molecular complexity index is 382. The molecule has 0 aromatic rings. The highest BCUT2D eigenvalue weighted by Gasteiger charge is 2.30. The Hall–Kier alpha value is -1.63. The number of carboxylic acids is 1. The Balaban J connectivity index is 4.75. The van der Waals surface area contributed by atoms with Crippen LogP contribution in [0.2, 0.25) is 0 Å². The monoisotopic (exact) mass is 317 g/mol. The Morgan fingerprint density at radius 3 is 2.14 bits per heavy atom. The van der Waals surface area contributed by atoms with Crippen LogP contribution < -0.4 is 5.73 Å². The molecule has 3 atom stereocenters. The summed E-state index contributed by atoms with van der Waals surface area (Å²) in [5, 5.41) is 8.93. The molecule has 0 aromatic carbocycles. The third kappa shape index (κ3) is 7.97. The lowest BCUT2D eigenvalue weighted by Gasteiger charge is -2.25. The van der Waals surface area contributed by atoms with Crippen LogP contribution in [0, 0.1) is 11.8 Å². The van der Waals surface area contributed by atoms with E-state index < -0.39 is 36.2 Å². The van der Waals surface area contributed by atoms with Crippen molar-refractivity contribution in [2.75, 3.05) is 0 Å². The van der Waals surface area contributed by atoms with Crippen molar-refractivity contribution >= 4 is 17.9 Å². The van der Waals surface area contributed by atoms with Gasteiger partial charge in [-0.1, -0.05) is 27.7 Å². The highest BCUT2D eigenvalue weighted by Crippen LogP contribution is 2.20. The lowest BCUT2D eigenvalue weighted by molar-refractivity contribution is -0.189. The maximum atomic E-state index is 12.1. The topological polar surface area (TPSA) is 116 Å². The van der Waals surface area contributed by atoms with E-state index in [9.17, 15) is 14.4 Å². The van der Waals surface area contributed by atoms with Gasteiger partial charge in [0.25, 0.3) is 0 Å². The minimum absolute atomic E-state index is 0.176. The predicted octanol–water partition coefficient (Wildman–Crippen LogP) is 1.68. The van der Waals surface area contributed by atoms with Gasteiger partial charge in [-0.15, -0.1) is 0 Å². The Kier molecular flexibility index (Phi) is 9.40. The maximum absolute atomic E-state index is 12.1. The van der Waals surface area contributed by atoms with Crippen LogP contribution >= 0.6 is 0 Å². The molecule has 0 spiro atoms. The first-order valence-electron chi connectivity index (χ1n) is 7.58. The molecule has 0 radical (unpaired) electrons. The lowest BCUT2D eigenvalue weighted by atomic mass is 9.88. The van der Waals surface area contributed by atoms with E-state index in [1.165, 1.54) is 0 Å². The molecule has 128 valence electrons. The van der Waals surface area contributed by atoms with Gasteiger partial charge in [0.1, 0.15) is 6.04 Å². The summed E-state index contributed by atoms with van der Waals surface area (Å²) in [6.07, 6.45) is -0.225. The Morgan fingerprint density at radius 1 is 1.14 bits per heavy atom. The van der Waals surface area contributed by atoms with Crippen molar-refractivity contribution in [3.8, 4) is 0 Å². The molecule has 0 saturated carbocycles. The van der Waals surface area contributed by atoms with Gasteiger partial charge < -0.3 is 20.3 Å². The number of carbonyl (C=O) groups excluding carboxylic acids is 2. The first kappa shape index (κ1) is 20.4. The molecule has 22 heavy (non-hydrogen) atoms. The Morgan fingerprint density at radius 2 is 1.73 bits per heavy atom. The van der Waals surface area contributed by atoms with Crippen LogP contribution in [-0.4, -0.2) is 35.3 Å². The minimum atomic E-state index is -1.06. The molecular formula is C15H27NO6. The van der Waals surface area contributed by atoms with Crippen molar-refractivity contribution in [1.29, 1.82) is 0 Å². The van der Waals surface area contributed by atoms with E-state index >= 15 is 0 Å². The van der Waals surface area contributed by atoms with E-state index in [-0.39, 0.29) is 18.8 Å². The number of rotatable bonds is 10. The SMILES string of the molecule is CCC(=O)OC(CC)OC(=O)C(N)C(CC(=O)O)CC(C)C. The molecular weight excluding hydrogens is 290 g/mol. The number of nitrogens with two attached hydrogens (primary N) is 1. The second kappa shape index (κ2) is 10.2. The number of carboxylic acid groups (broad SMARTS) is 1. The van der Waals surface area contributed by atoms with Gasteiger partial charge in [-0.25, -0.2) is 0 Å². The van der Waals surface area contributed by atoms with Crippen LogP contribution in [0.5, 0.6) is 0 Å². The third-order valence-electron chi connectivity index (χ3n) is 3.12. The molecule has 0 aliphatic heterocycles. The van der Waals surface area contributed by atoms with Crippen molar-refractivity contribution in [2.24, 2.45) is 17.6 Å². The van der Waals surface area contributed by atoms with Crippen molar-refractivity contribution in [3.05, 3.63) is 0 Å². The highest BCUT2D eigenvalue weighted by molar-refractivity contribution is 5.77. The van der Waals surface area contributed by atoms with Crippen LogP contribution in [0.3, 0.4) is 0 Å². The quantitative estimate of drug-likeness (QED) is 0.465. The smallest absolute Gasteiger partial charge is 0.326 e. The first-order valence-corrected chi connectivity index (χ1v) is 7.58. The molecule has 7 heteroatoms. The van der Waals surface area contributed by atoms with Gasteiger partial charge in [-0.3, -0.25) is 14.4 Å². The molecule has 0 rings (SSSR count). The summed E-state index contributed by atoms with van der Waals surface area (Å²) in [5.41, 5.74) is 5.85. The normalized spacial score (nSPS) is 15.0. The summed E-state index contributed by atoms with van der Waals surface area (Å²) < 4.78 is 10.0. The zero-order chi connectivity index (χ0) is 17.3. The molecule has 0 heterocycles. The molecule has 0 saturated heterocycles. The van der Waals surface area contributed by atoms with E-state index in [2.05, 4.69) is 0 Å². The summed E-state index contributed by atoms with van der Waals surface area (Å²) in [6, 6.07) is -1.06. The minimum Gasteiger partial charge on any atom is -0.481 e. The highest BCUT2D eigenvalue weighted by atomic mass is 16.7.